The number of carbonyl (C=O) groups excluding carboxylic acids is 2. The molecule has 0 bridgehead atoms. The molecule has 4 nitrogen and oxygen atoms in total. The van der Waals surface area contributed by atoms with Gasteiger partial charge in [-0.15, -0.1) is 0 Å². The molecule has 2 aromatic rings. The van der Waals surface area contributed by atoms with E-state index in [2.05, 4.69) is 5.32 Å². The van der Waals surface area contributed by atoms with Gasteiger partial charge in [-0.25, -0.2) is 0 Å². The molecule has 104 valence electrons. The van der Waals surface area contributed by atoms with E-state index in [1.165, 1.54) is 5.56 Å². The van der Waals surface area contributed by atoms with E-state index in [1.54, 1.807) is 23.0 Å². The summed E-state index contributed by atoms with van der Waals surface area (Å²) in [6, 6.07) is 11.4. The fourth-order valence-corrected chi connectivity index (χ4v) is 2.00. The third-order valence-electron chi connectivity index (χ3n) is 3.26. The van der Waals surface area contributed by atoms with Crippen LogP contribution in [0.25, 0.3) is 0 Å². The Bertz CT molecular complexity index is 575. The van der Waals surface area contributed by atoms with E-state index in [0.29, 0.717) is 12.1 Å². The molecule has 0 spiro atoms. The molecule has 0 saturated carbocycles. The number of hydrogen-bond acceptors (Lipinski definition) is 2. The third kappa shape index (κ3) is 3.57. The van der Waals surface area contributed by atoms with Crippen molar-refractivity contribution in [1.29, 1.82) is 0 Å². The molecule has 0 fully saturated rings. The largest absolute Gasteiger partial charge is 0.354 e. The molecule has 2 rings (SSSR count). The highest BCUT2D eigenvalue weighted by atomic mass is 16.2. The molecule has 1 atom stereocenters. The van der Waals surface area contributed by atoms with Gasteiger partial charge in [-0.05, 0) is 25.0 Å². The van der Waals surface area contributed by atoms with Crippen LogP contribution in [0.2, 0.25) is 0 Å². The van der Waals surface area contributed by atoms with Crippen molar-refractivity contribution in [2.45, 2.75) is 19.4 Å². The topological polar surface area (TPSA) is 51.1 Å². The van der Waals surface area contributed by atoms with Crippen LogP contribution in [-0.2, 0) is 11.2 Å². The first-order valence-corrected chi connectivity index (χ1v) is 6.65. The number of aromatic nitrogens is 1. The zero-order chi connectivity index (χ0) is 14.4. The Hall–Kier alpha value is -2.36. The minimum Gasteiger partial charge on any atom is -0.354 e. The smallest absolute Gasteiger partial charge is 0.242 e. The highest BCUT2D eigenvalue weighted by molar-refractivity contribution is 5.80. The summed E-state index contributed by atoms with van der Waals surface area (Å²) in [5, 5.41) is 2.91. The van der Waals surface area contributed by atoms with Crippen molar-refractivity contribution in [2.24, 2.45) is 0 Å². The van der Waals surface area contributed by atoms with Gasteiger partial charge in [-0.1, -0.05) is 30.3 Å². The summed E-state index contributed by atoms with van der Waals surface area (Å²) in [6.07, 6.45) is 5.00. The van der Waals surface area contributed by atoms with Gasteiger partial charge in [0.2, 0.25) is 5.91 Å². The monoisotopic (exact) mass is 270 g/mol. The van der Waals surface area contributed by atoms with Crippen LogP contribution in [0.3, 0.4) is 0 Å². The second-order valence-corrected chi connectivity index (χ2v) is 4.71. The Morgan fingerprint density at radius 1 is 1.30 bits per heavy atom. The Labute approximate surface area is 118 Å². The van der Waals surface area contributed by atoms with Gasteiger partial charge in [0.05, 0.1) is 0 Å². The molecule has 0 aliphatic carbocycles. The van der Waals surface area contributed by atoms with Crippen molar-refractivity contribution >= 4 is 12.2 Å². The molecular formula is C16H18N2O2. The van der Waals surface area contributed by atoms with E-state index < -0.39 is 0 Å². The Kier molecular flexibility index (Phi) is 4.71. The van der Waals surface area contributed by atoms with E-state index in [1.807, 2.05) is 37.3 Å². The Morgan fingerprint density at radius 2 is 2.05 bits per heavy atom. The van der Waals surface area contributed by atoms with Crippen LogP contribution in [0.15, 0.2) is 48.8 Å². The number of nitrogens with zero attached hydrogens (tertiary/aromatic N) is 1. The number of hydrogen-bond donors (Lipinski definition) is 1. The van der Waals surface area contributed by atoms with Crippen molar-refractivity contribution < 1.29 is 9.59 Å². The van der Waals surface area contributed by atoms with E-state index >= 15 is 0 Å². The summed E-state index contributed by atoms with van der Waals surface area (Å²) in [7, 11) is 0. The predicted octanol–water partition coefficient (Wildman–Crippen LogP) is 2.22. The third-order valence-corrected chi connectivity index (χ3v) is 3.26. The quantitative estimate of drug-likeness (QED) is 0.818. The first-order chi connectivity index (χ1) is 9.70. The molecule has 20 heavy (non-hydrogen) atoms. The molecule has 1 heterocycles. The highest BCUT2D eigenvalue weighted by Crippen LogP contribution is 2.08. The minimum absolute atomic E-state index is 0.0472. The molecular weight excluding hydrogens is 252 g/mol. The molecule has 0 saturated heterocycles. The van der Waals surface area contributed by atoms with Crippen molar-refractivity contribution in [3.63, 3.8) is 0 Å². The lowest BCUT2D eigenvalue weighted by molar-refractivity contribution is -0.123. The highest BCUT2D eigenvalue weighted by Gasteiger charge is 2.13. The standard InChI is InChI=1S/C16H18N2O2/c1-13(18-10-8-15(11-18)12-19)16(20)17-9-7-14-5-3-2-4-6-14/h2-6,8,10-13H,7,9H2,1H3,(H,17,20). The first kappa shape index (κ1) is 14.1. The number of rotatable bonds is 6. The maximum atomic E-state index is 12.0. The maximum absolute atomic E-state index is 12.0. The number of aldehydes is 1. The predicted molar refractivity (Wildman–Crippen MR) is 77.7 cm³/mol. The minimum atomic E-state index is -0.320. The molecule has 1 amide bonds. The molecule has 4 heteroatoms. The number of benzene rings is 1. The number of nitrogens with one attached hydrogen (secondary N) is 1. The SMILES string of the molecule is CC(C(=O)NCCc1ccccc1)n1ccc(C=O)c1. The molecule has 0 aliphatic heterocycles. The van der Waals surface area contributed by atoms with Gasteiger partial charge in [0.25, 0.3) is 0 Å². The van der Waals surface area contributed by atoms with Gasteiger partial charge >= 0.3 is 0 Å². The summed E-state index contributed by atoms with van der Waals surface area (Å²) in [4.78, 5) is 22.6. The van der Waals surface area contributed by atoms with Crippen molar-refractivity contribution in [1.82, 2.24) is 9.88 Å². The van der Waals surface area contributed by atoms with Gasteiger partial charge in [0, 0.05) is 24.5 Å². The second kappa shape index (κ2) is 6.70. The van der Waals surface area contributed by atoms with Crippen molar-refractivity contribution in [3.8, 4) is 0 Å². The van der Waals surface area contributed by atoms with Crippen LogP contribution in [0, 0.1) is 0 Å². The molecule has 1 unspecified atom stereocenters. The lowest BCUT2D eigenvalue weighted by atomic mass is 10.1. The normalized spacial score (nSPS) is 11.8. The number of carbonyl (C=O) groups is 2. The van der Waals surface area contributed by atoms with Gasteiger partial charge in [0.15, 0.2) is 6.29 Å². The summed E-state index contributed by atoms with van der Waals surface area (Å²) in [5.74, 6) is -0.0472. The first-order valence-electron chi connectivity index (χ1n) is 6.65. The van der Waals surface area contributed by atoms with Crippen molar-refractivity contribution in [2.75, 3.05) is 6.54 Å². The molecule has 1 aromatic heterocycles. The van der Waals surface area contributed by atoms with E-state index in [9.17, 15) is 9.59 Å². The van der Waals surface area contributed by atoms with Gasteiger partial charge in [0.1, 0.15) is 6.04 Å². The van der Waals surface area contributed by atoms with Gasteiger partial charge in [-0.3, -0.25) is 9.59 Å². The van der Waals surface area contributed by atoms with Crippen LogP contribution in [0.1, 0.15) is 28.9 Å². The van der Waals surface area contributed by atoms with E-state index in [4.69, 9.17) is 0 Å². The average Bonchev–Trinajstić information content (AvgIpc) is 2.96. The molecule has 1 aromatic carbocycles. The fraction of sp³-hybridized carbons (Fsp3) is 0.250. The molecule has 0 radical (unpaired) electrons. The van der Waals surface area contributed by atoms with E-state index in [-0.39, 0.29) is 11.9 Å². The van der Waals surface area contributed by atoms with Gasteiger partial charge < -0.3 is 9.88 Å². The second-order valence-electron chi connectivity index (χ2n) is 4.71. The lowest BCUT2D eigenvalue weighted by Gasteiger charge is -2.13. The summed E-state index contributed by atoms with van der Waals surface area (Å²) in [6.45, 7) is 2.42. The van der Waals surface area contributed by atoms with Crippen molar-refractivity contribution in [3.05, 3.63) is 59.9 Å². The summed E-state index contributed by atoms with van der Waals surface area (Å²) < 4.78 is 1.74. The van der Waals surface area contributed by atoms with Crippen LogP contribution in [0.4, 0.5) is 0 Å². The summed E-state index contributed by atoms with van der Waals surface area (Å²) in [5.41, 5.74) is 1.78. The zero-order valence-electron chi connectivity index (χ0n) is 11.5. The average molecular weight is 270 g/mol. The summed E-state index contributed by atoms with van der Waals surface area (Å²) >= 11 is 0. The molecule has 0 aliphatic rings. The van der Waals surface area contributed by atoms with Crippen LogP contribution in [-0.4, -0.2) is 23.3 Å². The van der Waals surface area contributed by atoms with Crippen LogP contribution < -0.4 is 5.32 Å². The maximum Gasteiger partial charge on any atom is 0.242 e. The number of amides is 1. The Balaban J connectivity index is 1.83. The van der Waals surface area contributed by atoms with Crippen LogP contribution in [0.5, 0.6) is 0 Å². The zero-order valence-corrected chi connectivity index (χ0v) is 11.5. The molecule has 1 N–H and O–H groups in total. The fourth-order valence-electron chi connectivity index (χ4n) is 2.00. The van der Waals surface area contributed by atoms with E-state index in [0.717, 1.165) is 12.7 Å². The lowest BCUT2D eigenvalue weighted by Crippen LogP contribution is -2.32. The van der Waals surface area contributed by atoms with Gasteiger partial charge in [-0.2, -0.15) is 0 Å². The Morgan fingerprint density at radius 3 is 2.70 bits per heavy atom. The van der Waals surface area contributed by atoms with Crippen LogP contribution >= 0.6 is 0 Å².